The maximum Gasteiger partial charge on any atom is 0.441 e. The van der Waals surface area contributed by atoms with Gasteiger partial charge in [0.2, 0.25) is 0 Å². The molecule has 0 saturated heterocycles. The molecule has 0 aliphatic rings. The van der Waals surface area contributed by atoms with Gasteiger partial charge in [-0.15, -0.1) is 0 Å². The largest absolute Gasteiger partial charge is 0.441 e. The average Bonchev–Trinajstić information content (AvgIpc) is 2.00. The van der Waals surface area contributed by atoms with E-state index in [9.17, 15) is 13.2 Å². The Balaban J connectivity index is 3.55. The van der Waals surface area contributed by atoms with Gasteiger partial charge < -0.3 is 5.32 Å². The molecule has 0 fully saturated rings. The maximum absolute atomic E-state index is 11.8. The summed E-state index contributed by atoms with van der Waals surface area (Å²) in [6.45, 7) is 9.62. The average molecular weight is 243 g/mol. The van der Waals surface area contributed by atoms with Crippen LogP contribution in [-0.4, -0.2) is 24.4 Å². The van der Waals surface area contributed by atoms with Crippen molar-refractivity contribution in [3.05, 3.63) is 0 Å². The van der Waals surface area contributed by atoms with Crippen molar-refractivity contribution >= 4 is 11.8 Å². The van der Waals surface area contributed by atoms with Crippen LogP contribution in [0.4, 0.5) is 13.2 Å². The molecular formula is C10H20F3NS. The molecule has 0 amide bonds. The van der Waals surface area contributed by atoms with E-state index in [1.165, 1.54) is 0 Å². The van der Waals surface area contributed by atoms with E-state index in [1.807, 2.05) is 0 Å². The summed E-state index contributed by atoms with van der Waals surface area (Å²) in [4.78, 5) is 0. The van der Waals surface area contributed by atoms with Crippen LogP contribution < -0.4 is 5.32 Å². The van der Waals surface area contributed by atoms with Crippen molar-refractivity contribution in [2.75, 3.05) is 18.8 Å². The van der Waals surface area contributed by atoms with Crippen LogP contribution in [0.1, 0.15) is 27.7 Å². The SMILES string of the molecule is CC(C)C(C)(C)CNCCSC(F)(F)F. The zero-order valence-electron chi connectivity index (χ0n) is 9.74. The summed E-state index contributed by atoms with van der Waals surface area (Å²) < 4.78 is 35.3. The molecular weight excluding hydrogens is 223 g/mol. The summed E-state index contributed by atoms with van der Waals surface area (Å²) in [5.74, 6) is 0.595. The minimum atomic E-state index is -4.10. The van der Waals surface area contributed by atoms with E-state index in [0.717, 1.165) is 6.54 Å². The molecule has 0 unspecified atom stereocenters. The Hall–Kier alpha value is 0.100. The van der Waals surface area contributed by atoms with E-state index in [2.05, 4.69) is 33.0 Å². The second kappa shape index (κ2) is 5.99. The molecule has 0 heterocycles. The molecule has 0 radical (unpaired) electrons. The summed E-state index contributed by atoms with van der Waals surface area (Å²) in [7, 11) is 0. The lowest BCUT2D eigenvalue weighted by Gasteiger charge is -2.29. The predicted octanol–water partition coefficient (Wildman–Crippen LogP) is 3.51. The highest BCUT2D eigenvalue weighted by Gasteiger charge is 2.27. The number of nitrogens with one attached hydrogen (secondary N) is 1. The topological polar surface area (TPSA) is 12.0 Å². The molecule has 0 aromatic carbocycles. The van der Waals surface area contributed by atoms with Crippen LogP contribution >= 0.6 is 11.8 Å². The number of hydrogen-bond acceptors (Lipinski definition) is 2. The number of thioether (sulfide) groups is 1. The molecule has 92 valence electrons. The fraction of sp³-hybridized carbons (Fsp3) is 1.00. The number of hydrogen-bond donors (Lipinski definition) is 1. The van der Waals surface area contributed by atoms with Crippen molar-refractivity contribution in [1.29, 1.82) is 0 Å². The normalized spacial score (nSPS) is 13.6. The van der Waals surface area contributed by atoms with Crippen molar-refractivity contribution in [3.63, 3.8) is 0 Å². The molecule has 0 bridgehead atoms. The smallest absolute Gasteiger partial charge is 0.315 e. The van der Waals surface area contributed by atoms with E-state index >= 15 is 0 Å². The molecule has 0 aliphatic heterocycles. The molecule has 0 aromatic rings. The fourth-order valence-corrected chi connectivity index (χ4v) is 1.33. The highest BCUT2D eigenvalue weighted by Crippen LogP contribution is 2.29. The number of alkyl halides is 3. The Morgan fingerprint density at radius 2 is 1.73 bits per heavy atom. The van der Waals surface area contributed by atoms with Crippen LogP contribution in [0.5, 0.6) is 0 Å². The summed E-state index contributed by atoms with van der Waals surface area (Å²) in [5.41, 5.74) is -3.97. The van der Waals surface area contributed by atoms with Gasteiger partial charge >= 0.3 is 5.51 Å². The van der Waals surface area contributed by atoms with Gasteiger partial charge in [-0.25, -0.2) is 0 Å². The van der Waals surface area contributed by atoms with E-state index < -0.39 is 5.51 Å². The van der Waals surface area contributed by atoms with Crippen LogP contribution in [0.2, 0.25) is 0 Å². The first-order valence-corrected chi connectivity index (χ1v) is 6.05. The lowest BCUT2D eigenvalue weighted by molar-refractivity contribution is -0.0327. The summed E-state index contributed by atoms with van der Waals surface area (Å²) >= 11 is 0.0300. The standard InChI is InChI=1S/C10H20F3NS/c1-8(2)9(3,4)7-14-5-6-15-10(11,12)13/h8,14H,5-7H2,1-4H3. The van der Waals surface area contributed by atoms with E-state index in [4.69, 9.17) is 0 Å². The first kappa shape index (κ1) is 15.1. The second-order valence-electron chi connectivity index (χ2n) is 4.61. The molecule has 1 N–H and O–H groups in total. The highest BCUT2D eigenvalue weighted by molar-refractivity contribution is 8.00. The Morgan fingerprint density at radius 1 is 1.20 bits per heavy atom. The van der Waals surface area contributed by atoms with E-state index in [1.54, 1.807) is 0 Å². The Kier molecular flexibility index (Phi) is 6.03. The first-order valence-electron chi connectivity index (χ1n) is 5.06. The van der Waals surface area contributed by atoms with Crippen molar-refractivity contribution in [3.8, 4) is 0 Å². The second-order valence-corrected chi connectivity index (χ2v) is 5.77. The van der Waals surface area contributed by atoms with E-state index in [-0.39, 0.29) is 22.9 Å². The van der Waals surface area contributed by atoms with Gasteiger partial charge in [-0.2, -0.15) is 13.2 Å². The first-order chi connectivity index (χ1) is 6.65. The molecule has 0 rings (SSSR count). The molecule has 0 spiro atoms. The van der Waals surface area contributed by atoms with Crippen LogP contribution in [0.15, 0.2) is 0 Å². The van der Waals surface area contributed by atoms with Crippen molar-refractivity contribution in [1.82, 2.24) is 5.32 Å². The van der Waals surface area contributed by atoms with Gasteiger partial charge in [0.25, 0.3) is 0 Å². The number of rotatable bonds is 6. The monoisotopic (exact) mass is 243 g/mol. The van der Waals surface area contributed by atoms with Crippen LogP contribution in [0.25, 0.3) is 0 Å². The van der Waals surface area contributed by atoms with Crippen molar-refractivity contribution in [2.45, 2.75) is 33.2 Å². The van der Waals surface area contributed by atoms with Crippen LogP contribution in [0, 0.1) is 11.3 Å². The van der Waals surface area contributed by atoms with Gasteiger partial charge in [0.05, 0.1) is 0 Å². The van der Waals surface area contributed by atoms with Gasteiger partial charge in [0.1, 0.15) is 0 Å². The quantitative estimate of drug-likeness (QED) is 0.716. The lowest BCUT2D eigenvalue weighted by atomic mass is 9.81. The Morgan fingerprint density at radius 3 is 2.13 bits per heavy atom. The molecule has 5 heteroatoms. The Labute approximate surface area is 94.2 Å². The summed E-state index contributed by atoms with van der Waals surface area (Å²) in [6.07, 6.45) is 0. The summed E-state index contributed by atoms with van der Waals surface area (Å²) in [5, 5.41) is 3.06. The molecule has 0 aromatic heterocycles. The number of halogens is 3. The molecule has 0 saturated carbocycles. The van der Waals surface area contributed by atoms with Crippen molar-refractivity contribution in [2.24, 2.45) is 11.3 Å². The fourth-order valence-electron chi connectivity index (χ4n) is 0.854. The molecule has 0 aliphatic carbocycles. The van der Waals surface area contributed by atoms with Gasteiger partial charge in [0.15, 0.2) is 0 Å². The zero-order chi connectivity index (χ0) is 12.1. The van der Waals surface area contributed by atoms with Crippen LogP contribution in [-0.2, 0) is 0 Å². The molecule has 0 atom stereocenters. The van der Waals surface area contributed by atoms with Gasteiger partial charge in [-0.05, 0) is 23.1 Å². The highest BCUT2D eigenvalue weighted by atomic mass is 32.2. The predicted molar refractivity (Wildman–Crippen MR) is 60.0 cm³/mol. The minimum Gasteiger partial charge on any atom is -0.315 e. The third-order valence-corrected chi connectivity index (χ3v) is 3.42. The lowest BCUT2D eigenvalue weighted by Crippen LogP contribution is -2.34. The van der Waals surface area contributed by atoms with Crippen molar-refractivity contribution < 1.29 is 13.2 Å². The van der Waals surface area contributed by atoms with Crippen LogP contribution in [0.3, 0.4) is 0 Å². The maximum atomic E-state index is 11.8. The third-order valence-electron chi connectivity index (χ3n) is 2.69. The molecule has 1 nitrogen and oxygen atoms in total. The Bertz CT molecular complexity index is 178. The van der Waals surface area contributed by atoms with Gasteiger partial charge in [0, 0.05) is 18.8 Å². The third kappa shape index (κ3) is 7.96. The summed E-state index contributed by atoms with van der Waals surface area (Å²) in [6, 6.07) is 0. The van der Waals surface area contributed by atoms with Gasteiger partial charge in [-0.1, -0.05) is 27.7 Å². The van der Waals surface area contributed by atoms with E-state index in [0.29, 0.717) is 12.5 Å². The van der Waals surface area contributed by atoms with Gasteiger partial charge in [-0.3, -0.25) is 0 Å². The zero-order valence-corrected chi connectivity index (χ0v) is 10.6. The molecule has 15 heavy (non-hydrogen) atoms. The minimum absolute atomic E-state index is 0.0300.